The molecular weight excluding hydrogens is 781 g/mol. The second-order valence-corrected chi connectivity index (χ2v) is 17.6. The van der Waals surface area contributed by atoms with E-state index in [1.54, 1.807) is 6.08 Å². The molecule has 59 heavy (non-hydrogen) atoms. The van der Waals surface area contributed by atoms with Crippen LogP contribution in [0.3, 0.4) is 0 Å². The highest BCUT2D eigenvalue weighted by atomic mass is 31.2. The lowest BCUT2D eigenvalue weighted by atomic mass is 9.88. The number of aliphatic hydroxyl groups excluding tert-OH is 3. The number of phosphoric acid groups is 1. The molecule has 0 aliphatic heterocycles. The topological polar surface area (TPSA) is 232 Å². The molecule has 1 aliphatic rings. The molecule has 15 heteroatoms. The van der Waals surface area contributed by atoms with Gasteiger partial charge in [-0.2, -0.15) is 0 Å². The molecule has 0 aromatic heterocycles. The molecule has 0 heterocycles. The lowest BCUT2D eigenvalue weighted by Crippen LogP contribution is -2.34. The molecule has 1 rings (SSSR count). The molecule has 1 saturated carbocycles. The number of unbranched alkanes of at least 4 members (excludes halogenated alkanes) is 16. The van der Waals surface area contributed by atoms with E-state index in [0.717, 1.165) is 70.6 Å². The van der Waals surface area contributed by atoms with E-state index in [0.29, 0.717) is 38.5 Å². The van der Waals surface area contributed by atoms with Crippen LogP contribution >= 0.6 is 7.82 Å². The predicted molar refractivity (Wildman–Crippen MR) is 228 cm³/mol. The molecule has 0 aromatic rings. The molecule has 1 unspecified atom stereocenters. The fraction of sp³-hybridized carbons (Fsp3) is 0.841. The fourth-order valence-electron chi connectivity index (χ4n) is 7.16. The molecule has 7 N–H and O–H groups in total. The van der Waals surface area contributed by atoms with Gasteiger partial charge < -0.3 is 40.5 Å². The minimum atomic E-state index is -4.78. The number of nitrogens with two attached hydrogens (primary N) is 1. The zero-order valence-electron chi connectivity index (χ0n) is 36.2. The molecule has 0 aromatic carbocycles. The number of hydrogen-bond donors (Lipinski definition) is 6. The average Bonchev–Trinajstić information content (AvgIpc) is 3.47. The molecule has 0 saturated heterocycles. The fourth-order valence-corrected chi connectivity index (χ4v) is 7.93. The van der Waals surface area contributed by atoms with Crippen LogP contribution in [-0.4, -0.2) is 93.5 Å². The molecule has 1 aliphatic carbocycles. The number of carboxylic acid groups (broad SMARTS) is 1. The number of hydrogen-bond acceptors (Lipinski definition) is 12. The summed E-state index contributed by atoms with van der Waals surface area (Å²) in [6.07, 6.45) is 27.3. The molecule has 0 amide bonds. The number of aliphatic hydroxyl groups is 3. The van der Waals surface area contributed by atoms with E-state index >= 15 is 0 Å². The maximum atomic E-state index is 12.8. The Bertz CT molecular complexity index is 1220. The second kappa shape index (κ2) is 34.4. The van der Waals surface area contributed by atoms with Crippen molar-refractivity contribution in [2.45, 2.75) is 205 Å². The van der Waals surface area contributed by atoms with Crippen molar-refractivity contribution in [1.82, 2.24) is 0 Å². The SMILES string of the molecule is CCCCCCCC/C=C\CCCCCCCC(=O)OC[C@H](COP(=O)(O)OC[C@H](N)C(=O)O)OC(=O)CCCCCC[C@@H]1[C@@H](/C=C/[C@@H](O)CCCCC)[C@H](O)C[C@@H]1O. The van der Waals surface area contributed by atoms with Crippen molar-refractivity contribution in [2.24, 2.45) is 17.6 Å². The van der Waals surface area contributed by atoms with E-state index in [2.05, 4.69) is 30.5 Å². The zero-order chi connectivity index (χ0) is 43.7. The third-order valence-electron chi connectivity index (χ3n) is 10.8. The second-order valence-electron chi connectivity index (χ2n) is 16.1. The van der Waals surface area contributed by atoms with Gasteiger partial charge in [-0.3, -0.25) is 23.4 Å². The molecule has 8 atom stereocenters. The molecule has 344 valence electrons. The average molecular weight is 862 g/mol. The van der Waals surface area contributed by atoms with E-state index < -0.39 is 76.0 Å². The van der Waals surface area contributed by atoms with Gasteiger partial charge in [-0.05, 0) is 57.3 Å². The molecule has 14 nitrogen and oxygen atoms in total. The number of phosphoric ester groups is 1. The van der Waals surface area contributed by atoms with Gasteiger partial charge in [0.1, 0.15) is 12.6 Å². The minimum Gasteiger partial charge on any atom is -0.480 e. The van der Waals surface area contributed by atoms with Gasteiger partial charge in [-0.1, -0.05) is 128 Å². The van der Waals surface area contributed by atoms with Crippen molar-refractivity contribution in [3.8, 4) is 0 Å². The van der Waals surface area contributed by atoms with E-state index in [-0.39, 0.29) is 24.7 Å². The Morgan fingerprint density at radius 3 is 1.90 bits per heavy atom. The zero-order valence-corrected chi connectivity index (χ0v) is 37.1. The molecular formula is C44H80NO13P. The summed E-state index contributed by atoms with van der Waals surface area (Å²) in [5, 5.41) is 40.3. The first-order valence-electron chi connectivity index (χ1n) is 22.6. The van der Waals surface area contributed by atoms with Gasteiger partial charge in [0, 0.05) is 25.2 Å². The highest BCUT2D eigenvalue weighted by Gasteiger charge is 2.39. The maximum absolute atomic E-state index is 12.8. The number of ether oxygens (including phenoxy) is 2. The van der Waals surface area contributed by atoms with Crippen LogP contribution in [-0.2, 0) is 37.5 Å². The van der Waals surface area contributed by atoms with Crippen LogP contribution in [0.1, 0.15) is 174 Å². The monoisotopic (exact) mass is 862 g/mol. The van der Waals surface area contributed by atoms with E-state index in [1.165, 1.54) is 38.5 Å². The molecule has 0 bridgehead atoms. The number of carboxylic acids is 1. The van der Waals surface area contributed by atoms with Crippen LogP contribution in [0, 0.1) is 11.8 Å². The van der Waals surface area contributed by atoms with Gasteiger partial charge >= 0.3 is 25.7 Å². The molecule has 1 fully saturated rings. The number of esters is 2. The van der Waals surface area contributed by atoms with Crippen molar-refractivity contribution >= 4 is 25.7 Å². The summed E-state index contributed by atoms with van der Waals surface area (Å²) >= 11 is 0. The van der Waals surface area contributed by atoms with Crippen LogP contribution in [0.5, 0.6) is 0 Å². The Hall–Kier alpha value is -2.16. The van der Waals surface area contributed by atoms with E-state index in [9.17, 15) is 39.2 Å². The summed E-state index contributed by atoms with van der Waals surface area (Å²) in [5.41, 5.74) is 5.33. The van der Waals surface area contributed by atoms with Crippen molar-refractivity contribution in [1.29, 1.82) is 0 Å². The first kappa shape index (κ1) is 54.9. The third kappa shape index (κ3) is 28.9. The van der Waals surface area contributed by atoms with E-state index in [4.69, 9.17) is 24.8 Å². The summed E-state index contributed by atoms with van der Waals surface area (Å²) in [7, 11) is -4.78. The first-order valence-corrected chi connectivity index (χ1v) is 24.1. The number of aliphatic carboxylic acids is 1. The number of allylic oxidation sites excluding steroid dienone is 2. The van der Waals surface area contributed by atoms with Gasteiger partial charge in [0.05, 0.1) is 31.5 Å². The number of rotatable bonds is 38. The van der Waals surface area contributed by atoms with Crippen molar-refractivity contribution in [3.63, 3.8) is 0 Å². The number of carbonyl (C=O) groups excluding carboxylic acids is 2. The van der Waals surface area contributed by atoms with Crippen molar-refractivity contribution in [3.05, 3.63) is 24.3 Å². The lowest BCUT2D eigenvalue weighted by Gasteiger charge is -2.21. The van der Waals surface area contributed by atoms with Crippen LogP contribution in [0.25, 0.3) is 0 Å². The summed E-state index contributed by atoms with van der Waals surface area (Å²) < 4.78 is 32.7. The Morgan fingerprint density at radius 1 is 0.729 bits per heavy atom. The van der Waals surface area contributed by atoms with Crippen LogP contribution in [0.4, 0.5) is 0 Å². The Balaban J connectivity index is 2.47. The minimum absolute atomic E-state index is 0.0339. The van der Waals surface area contributed by atoms with Crippen LogP contribution in [0.2, 0.25) is 0 Å². The largest absolute Gasteiger partial charge is 0.480 e. The van der Waals surface area contributed by atoms with Crippen molar-refractivity contribution in [2.75, 3.05) is 19.8 Å². The summed E-state index contributed by atoms with van der Waals surface area (Å²) in [5.74, 6) is -2.91. The quantitative estimate of drug-likeness (QED) is 0.0149. The summed E-state index contributed by atoms with van der Waals surface area (Å²) in [6, 6.07) is -1.56. The normalized spacial score (nSPS) is 20.8. The Morgan fingerprint density at radius 2 is 1.27 bits per heavy atom. The van der Waals surface area contributed by atoms with Gasteiger partial charge in [0.25, 0.3) is 0 Å². The highest BCUT2D eigenvalue weighted by Crippen LogP contribution is 2.43. The summed E-state index contributed by atoms with van der Waals surface area (Å²) in [6.45, 7) is 2.48. The Labute approximate surface area is 354 Å². The third-order valence-corrected chi connectivity index (χ3v) is 11.7. The van der Waals surface area contributed by atoms with Crippen LogP contribution in [0.15, 0.2) is 24.3 Å². The smallest absolute Gasteiger partial charge is 0.472 e. The van der Waals surface area contributed by atoms with Crippen LogP contribution < -0.4 is 5.73 Å². The predicted octanol–water partition coefficient (Wildman–Crippen LogP) is 8.22. The lowest BCUT2D eigenvalue weighted by molar-refractivity contribution is -0.161. The van der Waals surface area contributed by atoms with Crippen molar-refractivity contribution < 1.29 is 62.8 Å². The van der Waals surface area contributed by atoms with Gasteiger partial charge in [-0.15, -0.1) is 0 Å². The molecule has 0 spiro atoms. The molecule has 0 radical (unpaired) electrons. The summed E-state index contributed by atoms with van der Waals surface area (Å²) in [4.78, 5) is 46.2. The first-order chi connectivity index (χ1) is 28.3. The standard InChI is InChI=1S/C44H80NO13P/c1-3-5-7-8-9-10-11-12-13-14-15-16-17-18-23-27-42(49)55-32-36(33-56-59(53,54)57-34-39(45)44(51)52)58-43(50)28-24-20-19-22-26-37-38(41(48)31-40(37)47)30-29-35(46)25-21-6-4-2/h12-13,29-30,35-41,46-48H,3-11,14-28,31-34,45H2,1-2H3,(H,51,52)(H,53,54)/b13-12-,30-29+/t35-,36+,37+,38+,39-,40-,41+/m0/s1. The Kier molecular flexibility index (Phi) is 32.0. The van der Waals surface area contributed by atoms with Gasteiger partial charge in [0.2, 0.25) is 0 Å². The number of carbonyl (C=O) groups is 3. The van der Waals surface area contributed by atoms with E-state index in [1.807, 2.05) is 6.08 Å². The highest BCUT2D eigenvalue weighted by molar-refractivity contribution is 7.47. The van der Waals surface area contributed by atoms with Gasteiger partial charge in [-0.25, -0.2) is 4.57 Å². The van der Waals surface area contributed by atoms with Gasteiger partial charge in [0.15, 0.2) is 6.10 Å². The maximum Gasteiger partial charge on any atom is 0.472 e.